The molecule has 0 fully saturated rings. The van der Waals surface area contributed by atoms with E-state index in [2.05, 4.69) is 27.5 Å². The Kier molecular flexibility index (Phi) is 5.02. The van der Waals surface area contributed by atoms with E-state index in [0.29, 0.717) is 12.2 Å². The molecule has 2 aromatic heterocycles. The van der Waals surface area contributed by atoms with Gasteiger partial charge in [0.2, 0.25) is 0 Å². The van der Waals surface area contributed by atoms with Gasteiger partial charge in [0.15, 0.2) is 5.69 Å². The molecular formula is C20H24N6O. The Morgan fingerprint density at radius 2 is 2.07 bits per heavy atom. The molecule has 1 aliphatic heterocycles. The minimum Gasteiger partial charge on any atom is -0.342 e. The molecule has 0 bridgehead atoms. The summed E-state index contributed by atoms with van der Waals surface area (Å²) in [4.78, 5) is 15.2. The van der Waals surface area contributed by atoms with Gasteiger partial charge in [0.05, 0.1) is 18.3 Å². The van der Waals surface area contributed by atoms with Crippen molar-refractivity contribution in [2.45, 2.75) is 32.1 Å². The maximum absolute atomic E-state index is 12.9. The van der Waals surface area contributed by atoms with Gasteiger partial charge < -0.3 is 10.2 Å². The van der Waals surface area contributed by atoms with Crippen LogP contribution in [0.15, 0.2) is 54.9 Å². The van der Waals surface area contributed by atoms with Crippen molar-refractivity contribution in [3.8, 4) is 0 Å². The van der Waals surface area contributed by atoms with Crippen LogP contribution < -0.4 is 5.32 Å². The molecule has 3 heterocycles. The quantitative estimate of drug-likeness (QED) is 0.753. The highest BCUT2D eigenvalue weighted by Crippen LogP contribution is 2.17. The number of hydrogen-bond acceptors (Lipinski definition) is 4. The largest absolute Gasteiger partial charge is 0.342 e. The van der Waals surface area contributed by atoms with Gasteiger partial charge in [-0.2, -0.15) is 10.2 Å². The molecule has 7 nitrogen and oxygen atoms in total. The molecule has 1 atom stereocenters. The monoisotopic (exact) mass is 364 g/mol. The fourth-order valence-corrected chi connectivity index (χ4v) is 3.48. The lowest BCUT2D eigenvalue weighted by molar-refractivity contribution is 0.0926. The van der Waals surface area contributed by atoms with Crippen molar-refractivity contribution in [2.75, 3.05) is 13.6 Å². The average Bonchev–Trinajstić information content (AvgIpc) is 3.29. The summed E-state index contributed by atoms with van der Waals surface area (Å²) in [7, 11) is 2.10. The van der Waals surface area contributed by atoms with Crippen LogP contribution in [0.25, 0.3) is 0 Å². The van der Waals surface area contributed by atoms with Crippen LogP contribution in [0.1, 0.15) is 34.2 Å². The average molecular weight is 364 g/mol. The number of carbonyl (C=O) groups is 1. The summed E-state index contributed by atoms with van der Waals surface area (Å²) in [6.07, 6.45) is 4.68. The van der Waals surface area contributed by atoms with E-state index in [0.717, 1.165) is 37.3 Å². The van der Waals surface area contributed by atoms with Crippen molar-refractivity contribution in [1.82, 2.24) is 29.8 Å². The highest BCUT2D eigenvalue weighted by Gasteiger charge is 2.21. The van der Waals surface area contributed by atoms with E-state index in [-0.39, 0.29) is 11.9 Å². The molecule has 27 heavy (non-hydrogen) atoms. The standard InChI is InChI=1S/C20H24N6O/c1-24-10-6-12-26-17(14-24)13-18(23-26)20(27)22-19(15-25-11-5-9-21-25)16-7-3-2-4-8-16/h2-5,7-9,11,13,19H,6,10,12,14-15H2,1H3,(H,22,27)/t19-/m1/s1. The SMILES string of the molecule is CN1CCCn2nc(C(=O)N[C@H](Cn3cccn3)c3ccccc3)cc2C1. The van der Waals surface area contributed by atoms with Gasteiger partial charge in [-0.25, -0.2) is 0 Å². The molecule has 3 aromatic rings. The van der Waals surface area contributed by atoms with Gasteiger partial charge in [0.25, 0.3) is 5.91 Å². The number of aromatic nitrogens is 4. The molecule has 0 spiro atoms. The highest BCUT2D eigenvalue weighted by molar-refractivity contribution is 5.92. The van der Waals surface area contributed by atoms with Crippen LogP contribution in [-0.2, 0) is 19.6 Å². The molecule has 0 saturated heterocycles. The minimum atomic E-state index is -0.178. The summed E-state index contributed by atoms with van der Waals surface area (Å²) in [6, 6.07) is 13.6. The number of benzene rings is 1. The lowest BCUT2D eigenvalue weighted by Gasteiger charge is -2.19. The van der Waals surface area contributed by atoms with Crippen molar-refractivity contribution in [3.05, 3.63) is 71.8 Å². The van der Waals surface area contributed by atoms with E-state index in [4.69, 9.17) is 0 Å². The Morgan fingerprint density at radius 3 is 2.85 bits per heavy atom. The summed E-state index contributed by atoms with van der Waals surface area (Å²) < 4.78 is 3.79. The van der Waals surface area contributed by atoms with Crippen LogP contribution in [0, 0.1) is 0 Å². The molecule has 4 rings (SSSR count). The smallest absolute Gasteiger partial charge is 0.272 e. The number of nitrogens with one attached hydrogen (secondary N) is 1. The lowest BCUT2D eigenvalue weighted by atomic mass is 10.1. The molecular weight excluding hydrogens is 340 g/mol. The van der Waals surface area contributed by atoms with Crippen LogP contribution >= 0.6 is 0 Å². The first-order valence-electron chi connectivity index (χ1n) is 9.27. The first-order valence-corrected chi connectivity index (χ1v) is 9.27. The van der Waals surface area contributed by atoms with Gasteiger partial charge in [-0.3, -0.25) is 14.2 Å². The molecule has 1 N–H and O–H groups in total. The number of aryl methyl sites for hydroxylation is 1. The Labute approximate surface area is 158 Å². The van der Waals surface area contributed by atoms with Gasteiger partial charge in [-0.15, -0.1) is 0 Å². The molecule has 7 heteroatoms. The Bertz CT molecular complexity index is 887. The zero-order valence-corrected chi connectivity index (χ0v) is 15.5. The van der Waals surface area contributed by atoms with Crippen molar-refractivity contribution in [1.29, 1.82) is 0 Å². The van der Waals surface area contributed by atoms with E-state index in [1.54, 1.807) is 6.20 Å². The van der Waals surface area contributed by atoms with E-state index >= 15 is 0 Å². The van der Waals surface area contributed by atoms with Crippen LogP contribution in [0.3, 0.4) is 0 Å². The summed E-state index contributed by atoms with van der Waals surface area (Å²) in [5.74, 6) is -0.153. The third-order valence-corrected chi connectivity index (χ3v) is 4.87. The fraction of sp³-hybridized carbons (Fsp3) is 0.350. The maximum Gasteiger partial charge on any atom is 0.272 e. The number of fused-ring (bicyclic) bond motifs is 1. The van der Waals surface area contributed by atoms with E-state index in [9.17, 15) is 4.79 Å². The molecule has 1 amide bonds. The molecule has 1 aromatic carbocycles. The zero-order valence-electron chi connectivity index (χ0n) is 15.5. The third kappa shape index (κ3) is 4.09. The predicted molar refractivity (Wildman–Crippen MR) is 102 cm³/mol. The molecule has 0 aliphatic carbocycles. The molecule has 1 aliphatic rings. The molecule has 0 saturated carbocycles. The number of hydrogen-bond donors (Lipinski definition) is 1. The second kappa shape index (κ2) is 7.75. The van der Waals surface area contributed by atoms with Gasteiger partial charge >= 0.3 is 0 Å². The van der Waals surface area contributed by atoms with Crippen molar-refractivity contribution in [2.24, 2.45) is 0 Å². The van der Waals surface area contributed by atoms with E-state index < -0.39 is 0 Å². The van der Waals surface area contributed by atoms with E-state index in [1.807, 2.05) is 58.0 Å². The van der Waals surface area contributed by atoms with Gasteiger partial charge in [0.1, 0.15) is 0 Å². The van der Waals surface area contributed by atoms with Gasteiger partial charge in [-0.1, -0.05) is 30.3 Å². The summed E-state index contributed by atoms with van der Waals surface area (Å²) in [6.45, 7) is 3.28. The Balaban J connectivity index is 1.54. The fourth-order valence-electron chi connectivity index (χ4n) is 3.48. The van der Waals surface area contributed by atoms with Crippen LogP contribution in [0.2, 0.25) is 0 Å². The van der Waals surface area contributed by atoms with Crippen LogP contribution in [-0.4, -0.2) is 44.0 Å². The van der Waals surface area contributed by atoms with Gasteiger partial charge in [-0.05, 0) is 31.2 Å². The number of amides is 1. The number of nitrogens with zero attached hydrogens (tertiary/aromatic N) is 5. The van der Waals surface area contributed by atoms with Crippen LogP contribution in [0.4, 0.5) is 0 Å². The topological polar surface area (TPSA) is 68.0 Å². The normalized spacial score (nSPS) is 15.7. The van der Waals surface area contributed by atoms with Crippen LogP contribution in [0.5, 0.6) is 0 Å². The summed E-state index contributed by atoms with van der Waals surface area (Å²) in [5.41, 5.74) is 2.60. The highest BCUT2D eigenvalue weighted by atomic mass is 16.2. The summed E-state index contributed by atoms with van der Waals surface area (Å²) in [5, 5.41) is 12.0. The molecule has 0 unspecified atom stereocenters. The number of carbonyl (C=O) groups excluding carboxylic acids is 1. The molecule has 140 valence electrons. The zero-order chi connectivity index (χ0) is 18.6. The summed E-state index contributed by atoms with van der Waals surface area (Å²) >= 11 is 0. The second-order valence-electron chi connectivity index (χ2n) is 7.00. The Morgan fingerprint density at radius 1 is 1.22 bits per heavy atom. The number of rotatable bonds is 5. The predicted octanol–water partition coefficient (Wildman–Crippen LogP) is 2.09. The van der Waals surface area contributed by atoms with Crippen molar-refractivity contribution >= 4 is 5.91 Å². The maximum atomic E-state index is 12.9. The first kappa shape index (κ1) is 17.5. The lowest BCUT2D eigenvalue weighted by Crippen LogP contribution is -2.32. The van der Waals surface area contributed by atoms with Crippen molar-refractivity contribution in [3.63, 3.8) is 0 Å². The Hall–Kier alpha value is -2.93. The first-order chi connectivity index (χ1) is 13.2. The van der Waals surface area contributed by atoms with Crippen molar-refractivity contribution < 1.29 is 4.79 Å². The minimum absolute atomic E-state index is 0.153. The second-order valence-corrected chi connectivity index (χ2v) is 7.00. The molecule has 0 radical (unpaired) electrons. The van der Waals surface area contributed by atoms with Gasteiger partial charge in [0, 0.05) is 32.0 Å². The third-order valence-electron chi connectivity index (χ3n) is 4.87. The van der Waals surface area contributed by atoms with E-state index in [1.165, 1.54) is 0 Å².